The quantitative estimate of drug-likeness (QED) is 0.601. The lowest BCUT2D eigenvalue weighted by atomic mass is 9.84. The third-order valence-corrected chi connectivity index (χ3v) is 3.00. The summed E-state index contributed by atoms with van der Waals surface area (Å²) in [7, 11) is 0. The van der Waals surface area contributed by atoms with Crippen LogP contribution >= 0.6 is 0 Å². The number of carbonyl (C=O) groups is 2. The van der Waals surface area contributed by atoms with Crippen molar-refractivity contribution in [2.75, 3.05) is 0 Å². The molecule has 1 aromatic carbocycles. The summed E-state index contributed by atoms with van der Waals surface area (Å²) >= 11 is 0. The van der Waals surface area contributed by atoms with Crippen molar-refractivity contribution in [3.05, 3.63) is 48.0 Å². The fraction of sp³-hybridized carbons (Fsp3) is 0.375. The van der Waals surface area contributed by atoms with Gasteiger partial charge in [0.25, 0.3) is 0 Å². The predicted molar refractivity (Wildman–Crippen MR) is 73.8 cm³/mol. The van der Waals surface area contributed by atoms with Gasteiger partial charge in [-0.3, -0.25) is 9.59 Å². The Kier molecular flexibility index (Phi) is 4.23. The number of ketones is 2. The minimum absolute atomic E-state index is 0.0622. The second-order valence-electron chi connectivity index (χ2n) is 5.52. The molecule has 0 amide bonds. The van der Waals surface area contributed by atoms with E-state index in [0.717, 1.165) is 5.56 Å². The van der Waals surface area contributed by atoms with Crippen LogP contribution in [-0.2, 0) is 15.0 Å². The summed E-state index contributed by atoms with van der Waals surface area (Å²) in [6.45, 7) is 11.3. The van der Waals surface area contributed by atoms with Crippen LogP contribution in [-0.4, -0.2) is 11.6 Å². The maximum atomic E-state index is 11.7. The van der Waals surface area contributed by atoms with E-state index in [9.17, 15) is 9.59 Å². The summed E-state index contributed by atoms with van der Waals surface area (Å²) in [6.07, 6.45) is 1.21. The Labute approximate surface area is 109 Å². The first kappa shape index (κ1) is 14.4. The first-order valence-corrected chi connectivity index (χ1v) is 6.04. The van der Waals surface area contributed by atoms with Gasteiger partial charge in [0.05, 0.1) is 0 Å². The highest BCUT2D eigenvalue weighted by molar-refractivity contribution is 6.11. The van der Waals surface area contributed by atoms with Crippen LogP contribution in [0.15, 0.2) is 36.9 Å². The summed E-state index contributed by atoms with van der Waals surface area (Å²) in [5.41, 5.74) is 1.98. The Morgan fingerprint density at radius 2 is 1.67 bits per heavy atom. The Morgan fingerprint density at radius 1 is 1.17 bits per heavy atom. The number of benzene rings is 1. The lowest BCUT2D eigenvalue weighted by Gasteiger charge is -2.20. The second kappa shape index (κ2) is 5.30. The Balaban J connectivity index is 3.13. The zero-order chi connectivity index (χ0) is 13.9. The fourth-order valence-electron chi connectivity index (χ4n) is 1.89. The van der Waals surface area contributed by atoms with Crippen LogP contribution in [0, 0.1) is 0 Å². The Bertz CT molecular complexity index is 461. The Morgan fingerprint density at radius 3 is 2.00 bits per heavy atom. The molecule has 1 unspecified atom stereocenters. The number of rotatable bonds is 4. The molecule has 0 aliphatic heterocycles. The topological polar surface area (TPSA) is 34.1 Å². The van der Waals surface area contributed by atoms with E-state index in [0.29, 0.717) is 0 Å². The first-order chi connectivity index (χ1) is 8.27. The molecule has 0 aliphatic rings. The van der Waals surface area contributed by atoms with Gasteiger partial charge in [-0.05, 0) is 29.5 Å². The largest absolute Gasteiger partial charge is 0.299 e. The number of hydrogen-bond donors (Lipinski definition) is 0. The number of Topliss-reactive ketones (excluding diaryl/α,β-unsaturated/α-hetero) is 1. The van der Waals surface area contributed by atoms with E-state index in [4.69, 9.17) is 0 Å². The van der Waals surface area contributed by atoms with Gasteiger partial charge in [0.1, 0.15) is 11.7 Å². The molecule has 18 heavy (non-hydrogen) atoms. The SMILES string of the molecule is C=CC(=O)C(C(C)=O)c1ccc(C(C)(C)C)cc1. The predicted octanol–water partition coefficient (Wildman–Crippen LogP) is 3.41. The number of allylic oxidation sites excluding steroid dienone is 1. The van der Waals surface area contributed by atoms with Gasteiger partial charge in [0.15, 0.2) is 5.78 Å². The van der Waals surface area contributed by atoms with Crippen molar-refractivity contribution in [2.45, 2.75) is 39.0 Å². The second-order valence-corrected chi connectivity index (χ2v) is 5.52. The lowest BCUT2D eigenvalue weighted by molar-refractivity contribution is -0.125. The normalized spacial score (nSPS) is 12.9. The van der Waals surface area contributed by atoms with Gasteiger partial charge in [-0.15, -0.1) is 0 Å². The molecular weight excluding hydrogens is 224 g/mol. The molecule has 1 aromatic rings. The molecule has 0 saturated heterocycles. The summed E-state index contributed by atoms with van der Waals surface area (Å²) < 4.78 is 0. The van der Waals surface area contributed by atoms with Gasteiger partial charge < -0.3 is 0 Å². The summed E-state index contributed by atoms with van der Waals surface area (Å²) in [4.78, 5) is 23.3. The van der Waals surface area contributed by atoms with Gasteiger partial charge in [-0.2, -0.15) is 0 Å². The Hall–Kier alpha value is -1.70. The van der Waals surface area contributed by atoms with Gasteiger partial charge in [0, 0.05) is 0 Å². The molecule has 96 valence electrons. The van der Waals surface area contributed by atoms with Crippen LogP contribution in [0.25, 0.3) is 0 Å². The molecule has 0 bridgehead atoms. The van der Waals surface area contributed by atoms with Crippen molar-refractivity contribution in [3.63, 3.8) is 0 Å². The zero-order valence-electron chi connectivity index (χ0n) is 11.5. The molecule has 0 fully saturated rings. The highest BCUT2D eigenvalue weighted by atomic mass is 16.1. The van der Waals surface area contributed by atoms with Gasteiger partial charge in [0.2, 0.25) is 0 Å². The van der Waals surface area contributed by atoms with Gasteiger partial charge >= 0.3 is 0 Å². The summed E-state index contributed by atoms with van der Waals surface area (Å²) in [5.74, 6) is -1.11. The molecule has 1 rings (SSSR count). The van der Waals surface area contributed by atoms with E-state index < -0.39 is 5.92 Å². The van der Waals surface area contributed by atoms with Crippen LogP contribution in [0.2, 0.25) is 0 Å². The number of hydrogen-bond acceptors (Lipinski definition) is 2. The van der Waals surface area contributed by atoms with Crippen LogP contribution in [0.5, 0.6) is 0 Å². The molecule has 0 radical (unpaired) electrons. The van der Waals surface area contributed by atoms with Crippen LogP contribution in [0.3, 0.4) is 0 Å². The third kappa shape index (κ3) is 3.16. The molecule has 2 nitrogen and oxygen atoms in total. The van der Waals surface area contributed by atoms with Crippen molar-refractivity contribution in [1.82, 2.24) is 0 Å². The molecule has 0 N–H and O–H groups in total. The smallest absolute Gasteiger partial charge is 0.169 e. The lowest BCUT2D eigenvalue weighted by Crippen LogP contribution is -2.18. The molecular formula is C16H20O2. The van der Waals surface area contributed by atoms with Crippen LogP contribution in [0.1, 0.15) is 44.7 Å². The van der Waals surface area contributed by atoms with Crippen molar-refractivity contribution in [2.24, 2.45) is 0 Å². The highest BCUT2D eigenvalue weighted by Gasteiger charge is 2.23. The van der Waals surface area contributed by atoms with Crippen molar-refractivity contribution < 1.29 is 9.59 Å². The van der Waals surface area contributed by atoms with Gasteiger partial charge in [-0.25, -0.2) is 0 Å². The summed E-state index contributed by atoms with van der Waals surface area (Å²) in [5, 5.41) is 0. The molecule has 0 aromatic heterocycles. The molecule has 0 aliphatic carbocycles. The van der Waals surface area contributed by atoms with E-state index in [1.165, 1.54) is 18.6 Å². The first-order valence-electron chi connectivity index (χ1n) is 6.04. The highest BCUT2D eigenvalue weighted by Crippen LogP contribution is 2.25. The van der Waals surface area contributed by atoms with Crippen molar-refractivity contribution in [1.29, 1.82) is 0 Å². The minimum atomic E-state index is -0.712. The third-order valence-electron chi connectivity index (χ3n) is 3.00. The van der Waals surface area contributed by atoms with E-state index in [1.54, 1.807) is 0 Å². The molecule has 2 heteroatoms. The van der Waals surface area contributed by atoms with Crippen LogP contribution < -0.4 is 0 Å². The molecule has 1 atom stereocenters. The average molecular weight is 244 g/mol. The van der Waals surface area contributed by atoms with Crippen LogP contribution in [0.4, 0.5) is 0 Å². The standard InChI is InChI=1S/C16H20O2/c1-6-14(18)15(11(2)17)12-7-9-13(10-8-12)16(3,4)5/h6-10,15H,1H2,2-5H3. The number of carbonyl (C=O) groups excluding carboxylic acids is 2. The molecule has 0 spiro atoms. The monoisotopic (exact) mass is 244 g/mol. The molecule has 0 heterocycles. The average Bonchev–Trinajstić information content (AvgIpc) is 2.28. The maximum Gasteiger partial charge on any atom is 0.169 e. The van der Waals surface area contributed by atoms with Crippen molar-refractivity contribution in [3.8, 4) is 0 Å². The van der Waals surface area contributed by atoms with E-state index in [-0.39, 0.29) is 17.0 Å². The van der Waals surface area contributed by atoms with Gasteiger partial charge in [-0.1, -0.05) is 51.6 Å². The molecule has 0 saturated carbocycles. The van der Waals surface area contributed by atoms with E-state index >= 15 is 0 Å². The minimum Gasteiger partial charge on any atom is -0.299 e. The van der Waals surface area contributed by atoms with Crippen molar-refractivity contribution >= 4 is 11.6 Å². The van der Waals surface area contributed by atoms with E-state index in [2.05, 4.69) is 27.4 Å². The maximum absolute atomic E-state index is 11.7. The summed E-state index contributed by atoms with van der Waals surface area (Å²) in [6, 6.07) is 7.66. The van der Waals surface area contributed by atoms with E-state index in [1.807, 2.05) is 24.3 Å². The fourth-order valence-corrected chi connectivity index (χ4v) is 1.89. The zero-order valence-corrected chi connectivity index (χ0v) is 11.5.